The molecular weight excluding hydrogens is 385 g/mol. The van der Waals surface area contributed by atoms with E-state index in [4.69, 9.17) is 15.5 Å². The second kappa shape index (κ2) is 6.27. The summed E-state index contributed by atoms with van der Waals surface area (Å²) in [6.45, 7) is 1.59. The first kappa shape index (κ1) is 17.4. The van der Waals surface area contributed by atoms with E-state index >= 15 is 0 Å². The number of rotatable bonds is 4. The van der Waals surface area contributed by atoms with Crippen LogP contribution in [0.3, 0.4) is 0 Å². The highest BCUT2D eigenvalue weighted by molar-refractivity contribution is 6.14. The molecule has 9 heteroatoms. The number of piperidine rings is 1. The van der Waals surface area contributed by atoms with Crippen LogP contribution in [-0.2, 0) is 0 Å². The van der Waals surface area contributed by atoms with Crippen molar-refractivity contribution in [2.24, 2.45) is 17.6 Å². The van der Waals surface area contributed by atoms with Gasteiger partial charge in [-0.3, -0.25) is 4.98 Å². The number of nitrogens with zero attached hydrogens (tertiary/aromatic N) is 4. The van der Waals surface area contributed by atoms with Gasteiger partial charge in [0.25, 0.3) is 0 Å². The third kappa shape index (κ3) is 2.51. The molecule has 0 bridgehead atoms. The van der Waals surface area contributed by atoms with Crippen LogP contribution in [0.15, 0.2) is 36.7 Å². The molecule has 2 fully saturated rings. The van der Waals surface area contributed by atoms with Crippen LogP contribution in [0, 0.1) is 17.7 Å². The van der Waals surface area contributed by atoms with Gasteiger partial charge in [-0.05, 0) is 36.1 Å². The first-order valence-corrected chi connectivity index (χ1v) is 9.92. The van der Waals surface area contributed by atoms with E-state index in [0.717, 1.165) is 18.8 Å². The maximum atomic E-state index is 14.9. The number of aromatic amines is 1. The predicted molar refractivity (Wildman–Crippen MR) is 112 cm³/mol. The summed E-state index contributed by atoms with van der Waals surface area (Å²) in [4.78, 5) is 18.7. The van der Waals surface area contributed by atoms with Crippen LogP contribution in [0.5, 0.6) is 11.8 Å². The molecule has 4 heterocycles. The van der Waals surface area contributed by atoms with E-state index in [9.17, 15) is 4.39 Å². The highest BCUT2D eigenvalue weighted by Gasteiger charge is 2.54. The fourth-order valence-corrected chi connectivity index (χ4v) is 4.56. The minimum Gasteiger partial charge on any atom is -0.423 e. The van der Waals surface area contributed by atoms with Gasteiger partial charge in [0.2, 0.25) is 0 Å². The largest absolute Gasteiger partial charge is 0.423 e. The van der Waals surface area contributed by atoms with Gasteiger partial charge in [-0.1, -0.05) is 0 Å². The number of halogens is 1. The number of hydrogen-bond acceptors (Lipinski definition) is 7. The summed E-state index contributed by atoms with van der Waals surface area (Å²) in [7, 11) is 1.80. The normalized spacial score (nSPS) is 22.5. The van der Waals surface area contributed by atoms with Crippen molar-refractivity contribution < 1.29 is 9.13 Å². The second-order valence-corrected chi connectivity index (χ2v) is 7.87. The van der Waals surface area contributed by atoms with Crippen LogP contribution in [0.1, 0.15) is 0 Å². The Morgan fingerprint density at radius 2 is 2.03 bits per heavy atom. The Bertz CT molecular complexity index is 1260. The van der Waals surface area contributed by atoms with E-state index in [1.807, 2.05) is 0 Å². The fraction of sp³-hybridized carbons (Fsp3) is 0.286. The zero-order chi connectivity index (χ0) is 20.4. The highest BCUT2D eigenvalue weighted by atomic mass is 19.1. The van der Waals surface area contributed by atoms with Crippen LogP contribution >= 0.6 is 0 Å². The van der Waals surface area contributed by atoms with Gasteiger partial charge in [0, 0.05) is 32.4 Å². The zero-order valence-electron chi connectivity index (χ0n) is 16.3. The molecule has 2 atom stereocenters. The Morgan fingerprint density at radius 1 is 1.20 bits per heavy atom. The SMILES string of the molecule is CNc1ccc(F)c2c1[nH]c1nc(Oc3cccnc3)nc(N3CC4C(N)C4C3)c12. The van der Waals surface area contributed by atoms with E-state index in [1.54, 1.807) is 37.6 Å². The Kier molecular flexibility index (Phi) is 3.64. The van der Waals surface area contributed by atoms with Gasteiger partial charge >= 0.3 is 6.01 Å². The summed E-state index contributed by atoms with van der Waals surface area (Å²) in [5, 5.41) is 4.24. The van der Waals surface area contributed by atoms with Crippen molar-refractivity contribution in [2.45, 2.75) is 6.04 Å². The number of hydrogen-bond donors (Lipinski definition) is 3. The number of benzene rings is 1. The number of nitrogens with one attached hydrogen (secondary N) is 2. The van der Waals surface area contributed by atoms with Crippen molar-refractivity contribution in [2.75, 3.05) is 30.4 Å². The molecule has 4 aromatic rings. The molecule has 0 amide bonds. The molecule has 2 aliphatic rings. The summed E-state index contributed by atoms with van der Waals surface area (Å²) in [6, 6.07) is 7.17. The van der Waals surface area contributed by atoms with E-state index < -0.39 is 0 Å². The average Bonchev–Trinajstić information content (AvgIpc) is 3.13. The molecule has 30 heavy (non-hydrogen) atoms. The lowest BCUT2D eigenvalue weighted by molar-refractivity contribution is 0.442. The molecule has 2 unspecified atom stereocenters. The number of ether oxygens (including phenoxy) is 1. The van der Waals surface area contributed by atoms with Gasteiger partial charge in [-0.15, -0.1) is 0 Å². The molecule has 0 radical (unpaired) electrons. The van der Waals surface area contributed by atoms with E-state index in [1.165, 1.54) is 6.07 Å². The molecule has 1 aromatic carbocycles. The third-order valence-corrected chi connectivity index (χ3v) is 6.19. The molecule has 4 N–H and O–H groups in total. The molecule has 0 spiro atoms. The number of H-pyrrole nitrogens is 1. The van der Waals surface area contributed by atoms with Crippen molar-refractivity contribution >= 4 is 33.4 Å². The van der Waals surface area contributed by atoms with Crippen molar-refractivity contribution in [1.82, 2.24) is 19.9 Å². The number of fused-ring (bicyclic) bond motifs is 4. The first-order chi connectivity index (χ1) is 14.6. The van der Waals surface area contributed by atoms with Crippen molar-refractivity contribution in [3.05, 3.63) is 42.5 Å². The maximum absolute atomic E-state index is 14.9. The van der Waals surface area contributed by atoms with Gasteiger partial charge in [0.1, 0.15) is 23.0 Å². The molecule has 1 saturated heterocycles. The van der Waals surface area contributed by atoms with E-state index in [2.05, 4.69) is 25.2 Å². The molecule has 8 nitrogen and oxygen atoms in total. The van der Waals surface area contributed by atoms with E-state index in [-0.39, 0.29) is 17.9 Å². The summed E-state index contributed by atoms with van der Waals surface area (Å²) in [5.41, 5.74) is 8.10. The lowest BCUT2D eigenvalue weighted by Crippen LogP contribution is -2.29. The molecule has 3 aromatic heterocycles. The number of anilines is 2. The van der Waals surface area contributed by atoms with Crippen molar-refractivity contribution in [3.8, 4) is 11.8 Å². The van der Waals surface area contributed by atoms with Crippen LogP contribution < -0.4 is 20.7 Å². The highest BCUT2D eigenvalue weighted by Crippen LogP contribution is 2.47. The Hall–Kier alpha value is -3.46. The fourth-order valence-electron chi connectivity index (χ4n) is 4.56. The first-order valence-electron chi connectivity index (χ1n) is 9.92. The zero-order valence-corrected chi connectivity index (χ0v) is 16.3. The maximum Gasteiger partial charge on any atom is 0.326 e. The number of aromatic nitrogens is 4. The third-order valence-electron chi connectivity index (χ3n) is 6.19. The topological polar surface area (TPSA) is 105 Å². The van der Waals surface area contributed by atoms with E-state index in [0.29, 0.717) is 45.3 Å². The molecule has 6 rings (SSSR count). The molecule has 152 valence electrons. The number of nitrogens with two attached hydrogens (primary N) is 1. The molecule has 1 saturated carbocycles. The summed E-state index contributed by atoms with van der Waals surface area (Å²) in [6.07, 6.45) is 3.27. The van der Waals surface area contributed by atoms with Crippen LogP contribution in [0.2, 0.25) is 0 Å². The standard InChI is InChI=1S/C21H20FN7O/c1-24-14-5-4-13(22)15-16-19(26-18(14)15)27-21(30-10-3-2-6-25-7-10)28-20(16)29-8-11-12(9-29)17(11)23/h2-7,11-12,17,24H,8-9,23H2,1H3,(H,26,27,28). The lowest BCUT2D eigenvalue weighted by atomic mass is 10.1. The Labute approximate surface area is 171 Å². The summed E-state index contributed by atoms with van der Waals surface area (Å²) in [5.74, 6) is 1.80. The summed E-state index contributed by atoms with van der Waals surface area (Å²) >= 11 is 0. The smallest absolute Gasteiger partial charge is 0.326 e. The van der Waals surface area contributed by atoms with Gasteiger partial charge in [-0.25, -0.2) is 4.39 Å². The number of pyridine rings is 1. The minimum atomic E-state index is -0.318. The van der Waals surface area contributed by atoms with Crippen molar-refractivity contribution in [1.29, 1.82) is 0 Å². The lowest BCUT2D eigenvalue weighted by Gasteiger charge is -2.21. The molecule has 1 aliphatic heterocycles. The average molecular weight is 405 g/mol. The second-order valence-electron chi connectivity index (χ2n) is 7.87. The van der Waals surface area contributed by atoms with Crippen LogP contribution in [0.25, 0.3) is 21.9 Å². The van der Waals surface area contributed by atoms with Gasteiger partial charge < -0.3 is 25.7 Å². The monoisotopic (exact) mass is 405 g/mol. The summed E-state index contributed by atoms with van der Waals surface area (Å²) < 4.78 is 20.8. The molecular formula is C21H20FN7O. The molecule has 1 aliphatic carbocycles. The van der Waals surface area contributed by atoms with Crippen LogP contribution in [-0.4, -0.2) is 46.1 Å². The quantitative estimate of drug-likeness (QED) is 0.479. The minimum absolute atomic E-state index is 0.188. The van der Waals surface area contributed by atoms with Gasteiger partial charge in [0.05, 0.1) is 28.2 Å². The van der Waals surface area contributed by atoms with Gasteiger partial charge in [0.15, 0.2) is 0 Å². The van der Waals surface area contributed by atoms with Crippen LogP contribution in [0.4, 0.5) is 15.9 Å². The Morgan fingerprint density at radius 3 is 2.77 bits per heavy atom. The van der Waals surface area contributed by atoms with Gasteiger partial charge in [-0.2, -0.15) is 9.97 Å². The predicted octanol–water partition coefficient (Wildman–Crippen LogP) is 2.87. The van der Waals surface area contributed by atoms with Crippen molar-refractivity contribution in [3.63, 3.8) is 0 Å². The Balaban J connectivity index is 1.56.